The third-order valence-electron chi connectivity index (χ3n) is 7.06. The van der Waals surface area contributed by atoms with Crippen molar-refractivity contribution in [3.8, 4) is 17.2 Å². The number of carbonyl (C=O) groups excluding carboxylic acids is 1. The second-order valence-electron chi connectivity index (χ2n) is 8.75. The van der Waals surface area contributed by atoms with Crippen LogP contribution in [0.15, 0.2) is 30.3 Å². The molecule has 2 unspecified atom stereocenters. The van der Waals surface area contributed by atoms with Crippen molar-refractivity contribution in [3.63, 3.8) is 0 Å². The summed E-state index contributed by atoms with van der Waals surface area (Å²) < 4.78 is 16.8. The standard InChI is InChI=1S/C26H34N2O4/c1-30-21-12-10-17(16-23(21)32-3)18-8-4-5-9-19(18)24-20(26(27)29)11-13-22(31-2)25(24)28-14-6-7-15-28/h10-13,16,18-19H,4-9,14-15H2,1-3H3,(H2,27,29). The van der Waals surface area contributed by atoms with Gasteiger partial charge in [0.1, 0.15) is 5.75 Å². The Morgan fingerprint density at radius 1 is 0.844 bits per heavy atom. The van der Waals surface area contributed by atoms with Crippen LogP contribution in [-0.4, -0.2) is 40.3 Å². The number of amides is 1. The molecule has 1 heterocycles. The molecule has 1 aliphatic carbocycles. The van der Waals surface area contributed by atoms with Gasteiger partial charge in [-0.2, -0.15) is 0 Å². The number of carbonyl (C=O) groups is 1. The Balaban J connectivity index is 1.87. The van der Waals surface area contributed by atoms with E-state index in [0.29, 0.717) is 5.56 Å². The molecule has 2 aliphatic rings. The van der Waals surface area contributed by atoms with Gasteiger partial charge in [-0.25, -0.2) is 0 Å². The predicted octanol–water partition coefficient (Wildman–Crippen LogP) is 4.85. The maximum atomic E-state index is 12.6. The van der Waals surface area contributed by atoms with Gasteiger partial charge in [0, 0.05) is 18.7 Å². The molecule has 2 fully saturated rings. The summed E-state index contributed by atoms with van der Waals surface area (Å²) >= 11 is 0. The zero-order valence-corrected chi connectivity index (χ0v) is 19.4. The van der Waals surface area contributed by atoms with Crippen LogP contribution in [-0.2, 0) is 0 Å². The van der Waals surface area contributed by atoms with Gasteiger partial charge in [0.05, 0.1) is 27.0 Å². The summed E-state index contributed by atoms with van der Waals surface area (Å²) in [5, 5.41) is 0. The van der Waals surface area contributed by atoms with Crippen LogP contribution in [0, 0.1) is 0 Å². The molecule has 0 aromatic heterocycles. The molecule has 1 saturated heterocycles. The lowest BCUT2D eigenvalue weighted by Crippen LogP contribution is -2.27. The second-order valence-corrected chi connectivity index (χ2v) is 8.75. The number of primary amides is 1. The molecule has 2 aromatic carbocycles. The average Bonchev–Trinajstić information content (AvgIpc) is 3.37. The van der Waals surface area contributed by atoms with Crippen LogP contribution in [0.2, 0.25) is 0 Å². The molecule has 0 radical (unpaired) electrons. The Hall–Kier alpha value is -2.89. The van der Waals surface area contributed by atoms with Gasteiger partial charge in [-0.3, -0.25) is 4.79 Å². The van der Waals surface area contributed by atoms with Crippen molar-refractivity contribution < 1.29 is 19.0 Å². The lowest BCUT2D eigenvalue weighted by molar-refractivity contribution is 0.0998. The van der Waals surface area contributed by atoms with E-state index < -0.39 is 0 Å². The zero-order chi connectivity index (χ0) is 22.7. The first-order valence-electron chi connectivity index (χ1n) is 11.6. The van der Waals surface area contributed by atoms with Gasteiger partial charge >= 0.3 is 0 Å². The average molecular weight is 439 g/mol. The minimum Gasteiger partial charge on any atom is -0.495 e. The maximum Gasteiger partial charge on any atom is 0.249 e. The summed E-state index contributed by atoms with van der Waals surface area (Å²) in [5.74, 6) is 2.34. The number of anilines is 1. The normalized spacial score (nSPS) is 20.8. The first-order chi connectivity index (χ1) is 15.6. The molecule has 2 atom stereocenters. The van der Waals surface area contributed by atoms with Gasteiger partial charge in [0.25, 0.3) is 0 Å². The van der Waals surface area contributed by atoms with Crippen molar-refractivity contribution in [3.05, 3.63) is 47.0 Å². The predicted molar refractivity (Wildman–Crippen MR) is 126 cm³/mol. The van der Waals surface area contributed by atoms with Crippen LogP contribution in [0.3, 0.4) is 0 Å². The molecule has 172 valence electrons. The van der Waals surface area contributed by atoms with Gasteiger partial charge in [0.15, 0.2) is 11.5 Å². The molecule has 6 nitrogen and oxygen atoms in total. The van der Waals surface area contributed by atoms with E-state index in [1.54, 1.807) is 21.3 Å². The minimum absolute atomic E-state index is 0.176. The molecule has 1 amide bonds. The van der Waals surface area contributed by atoms with E-state index in [2.05, 4.69) is 17.0 Å². The Morgan fingerprint density at radius 3 is 2.09 bits per heavy atom. The van der Waals surface area contributed by atoms with Crippen molar-refractivity contribution in [1.29, 1.82) is 0 Å². The van der Waals surface area contributed by atoms with Crippen molar-refractivity contribution >= 4 is 11.6 Å². The number of nitrogens with zero attached hydrogens (tertiary/aromatic N) is 1. The summed E-state index contributed by atoms with van der Waals surface area (Å²) in [7, 11) is 5.02. The SMILES string of the molecule is COc1ccc(C2CCCCC2c2c(C(N)=O)ccc(OC)c2N2CCCC2)cc1OC. The molecule has 4 rings (SSSR count). The van der Waals surface area contributed by atoms with E-state index in [0.717, 1.165) is 80.1 Å². The van der Waals surface area contributed by atoms with E-state index in [1.807, 2.05) is 18.2 Å². The van der Waals surface area contributed by atoms with E-state index in [9.17, 15) is 4.79 Å². The third-order valence-corrected chi connectivity index (χ3v) is 7.06. The first-order valence-corrected chi connectivity index (χ1v) is 11.6. The van der Waals surface area contributed by atoms with E-state index >= 15 is 0 Å². The van der Waals surface area contributed by atoms with Crippen LogP contribution >= 0.6 is 0 Å². The van der Waals surface area contributed by atoms with E-state index in [4.69, 9.17) is 19.9 Å². The Kier molecular flexibility index (Phi) is 6.77. The Labute approximate surface area is 190 Å². The number of rotatable bonds is 7. The van der Waals surface area contributed by atoms with Crippen molar-refractivity contribution in [2.75, 3.05) is 39.3 Å². The number of benzene rings is 2. The highest BCUT2D eigenvalue weighted by atomic mass is 16.5. The van der Waals surface area contributed by atoms with Gasteiger partial charge in [-0.1, -0.05) is 18.9 Å². The fraction of sp³-hybridized carbons (Fsp3) is 0.500. The first kappa shape index (κ1) is 22.3. The zero-order valence-electron chi connectivity index (χ0n) is 19.4. The number of ether oxygens (including phenoxy) is 3. The monoisotopic (exact) mass is 438 g/mol. The second kappa shape index (κ2) is 9.72. The van der Waals surface area contributed by atoms with Crippen LogP contribution < -0.4 is 24.8 Å². The Morgan fingerprint density at radius 2 is 1.47 bits per heavy atom. The number of methoxy groups -OCH3 is 3. The minimum atomic E-state index is -0.375. The smallest absolute Gasteiger partial charge is 0.249 e. The van der Waals surface area contributed by atoms with Gasteiger partial charge < -0.3 is 24.8 Å². The lowest BCUT2D eigenvalue weighted by Gasteiger charge is -2.37. The van der Waals surface area contributed by atoms with Crippen molar-refractivity contribution in [2.24, 2.45) is 5.73 Å². The topological polar surface area (TPSA) is 74.0 Å². The highest BCUT2D eigenvalue weighted by molar-refractivity contribution is 5.97. The molecule has 1 saturated carbocycles. The van der Waals surface area contributed by atoms with Crippen LogP contribution in [0.1, 0.15) is 71.8 Å². The molecule has 0 spiro atoms. The molecular weight excluding hydrogens is 404 g/mol. The third kappa shape index (κ3) is 4.10. The lowest BCUT2D eigenvalue weighted by atomic mass is 9.70. The fourth-order valence-corrected chi connectivity index (χ4v) is 5.57. The van der Waals surface area contributed by atoms with Crippen LogP contribution in [0.4, 0.5) is 5.69 Å². The molecule has 2 aromatic rings. The highest BCUT2D eigenvalue weighted by Gasteiger charge is 2.35. The summed E-state index contributed by atoms with van der Waals surface area (Å²) in [4.78, 5) is 15.0. The van der Waals surface area contributed by atoms with Crippen LogP contribution in [0.25, 0.3) is 0 Å². The Bertz CT molecular complexity index is 969. The van der Waals surface area contributed by atoms with Gasteiger partial charge in [0.2, 0.25) is 5.91 Å². The summed E-state index contributed by atoms with van der Waals surface area (Å²) in [6, 6.07) is 9.93. The molecule has 1 aliphatic heterocycles. The quantitative estimate of drug-likeness (QED) is 0.669. The highest BCUT2D eigenvalue weighted by Crippen LogP contribution is 2.51. The summed E-state index contributed by atoms with van der Waals surface area (Å²) in [6.45, 7) is 1.94. The number of hydrogen-bond donors (Lipinski definition) is 1. The van der Waals surface area contributed by atoms with Gasteiger partial charge in [-0.15, -0.1) is 0 Å². The van der Waals surface area contributed by atoms with Crippen molar-refractivity contribution in [2.45, 2.75) is 50.4 Å². The largest absolute Gasteiger partial charge is 0.495 e. The number of hydrogen-bond acceptors (Lipinski definition) is 5. The van der Waals surface area contributed by atoms with Crippen molar-refractivity contribution in [1.82, 2.24) is 0 Å². The number of nitrogens with two attached hydrogens (primary N) is 1. The maximum absolute atomic E-state index is 12.6. The molecule has 32 heavy (non-hydrogen) atoms. The van der Waals surface area contributed by atoms with Crippen LogP contribution in [0.5, 0.6) is 17.2 Å². The molecular formula is C26H34N2O4. The summed E-state index contributed by atoms with van der Waals surface area (Å²) in [6.07, 6.45) is 6.64. The molecule has 6 heteroatoms. The van der Waals surface area contributed by atoms with E-state index in [-0.39, 0.29) is 17.7 Å². The molecule has 0 bridgehead atoms. The molecule has 2 N–H and O–H groups in total. The van der Waals surface area contributed by atoms with E-state index in [1.165, 1.54) is 5.56 Å². The summed E-state index contributed by atoms with van der Waals surface area (Å²) in [5.41, 5.74) is 9.84. The fourth-order valence-electron chi connectivity index (χ4n) is 5.57. The van der Waals surface area contributed by atoms with Gasteiger partial charge in [-0.05, 0) is 72.9 Å².